The average Bonchev–Trinajstić information content (AvgIpc) is 3.70. The molecule has 2 aliphatic heterocycles. The number of aromatic nitrogens is 1. The molecule has 274 valence electrons. The van der Waals surface area contributed by atoms with Gasteiger partial charge in [-0.2, -0.15) is 0 Å². The van der Waals surface area contributed by atoms with E-state index in [4.69, 9.17) is 18.9 Å². The third-order valence-corrected chi connectivity index (χ3v) is 9.08. The zero-order valence-electron chi connectivity index (χ0n) is 29.1. The van der Waals surface area contributed by atoms with Crippen molar-refractivity contribution in [2.45, 2.75) is 64.7 Å². The molecule has 2 fully saturated rings. The molecular weight excluding hydrogens is 663 g/mol. The molecule has 6 unspecified atom stereocenters. The first kappa shape index (κ1) is 37.6. The van der Waals surface area contributed by atoms with Crippen LogP contribution in [0.25, 0.3) is 11.1 Å². The van der Waals surface area contributed by atoms with Crippen LogP contribution in [-0.2, 0) is 41.5 Å². The van der Waals surface area contributed by atoms with Crippen molar-refractivity contribution in [1.29, 1.82) is 0 Å². The minimum absolute atomic E-state index is 0.0630. The van der Waals surface area contributed by atoms with E-state index in [1.165, 1.54) is 36.5 Å². The first-order valence-electron chi connectivity index (χ1n) is 16.8. The molecule has 2 saturated heterocycles. The van der Waals surface area contributed by atoms with E-state index in [0.29, 0.717) is 18.6 Å². The van der Waals surface area contributed by atoms with Gasteiger partial charge in [0, 0.05) is 35.5 Å². The van der Waals surface area contributed by atoms with Crippen LogP contribution in [0.2, 0.25) is 0 Å². The maximum atomic E-state index is 14.8. The number of hydrazine groups is 1. The van der Waals surface area contributed by atoms with E-state index in [1.807, 2.05) is 18.2 Å². The van der Waals surface area contributed by atoms with Crippen molar-refractivity contribution in [2.75, 3.05) is 26.9 Å². The highest BCUT2D eigenvalue weighted by Crippen LogP contribution is 2.33. The summed E-state index contributed by atoms with van der Waals surface area (Å²) in [5.41, 5.74) is 4.25. The number of rotatable bonds is 13. The predicted molar refractivity (Wildman–Crippen MR) is 178 cm³/mol. The fourth-order valence-electron chi connectivity index (χ4n) is 6.40. The first-order valence-corrected chi connectivity index (χ1v) is 16.8. The molecule has 3 heterocycles. The number of halogens is 1. The summed E-state index contributed by atoms with van der Waals surface area (Å²) in [5, 5.41) is 28.1. The van der Waals surface area contributed by atoms with Crippen LogP contribution >= 0.6 is 0 Å². The molecular formula is C37H45FN4O9. The monoisotopic (exact) mass is 708 g/mol. The Hall–Kier alpha value is -4.63. The van der Waals surface area contributed by atoms with Crippen LogP contribution in [0.4, 0.5) is 9.18 Å². The van der Waals surface area contributed by atoms with Crippen molar-refractivity contribution < 1.29 is 52.8 Å². The van der Waals surface area contributed by atoms with Gasteiger partial charge in [0.1, 0.15) is 17.8 Å². The van der Waals surface area contributed by atoms with Gasteiger partial charge in [-0.05, 0) is 41.5 Å². The number of fused-ring (bicyclic) bond motifs is 1. The van der Waals surface area contributed by atoms with Crippen molar-refractivity contribution in [3.63, 3.8) is 0 Å². The number of hydrogen-bond acceptors (Lipinski definition) is 10. The van der Waals surface area contributed by atoms with Crippen LogP contribution in [0.1, 0.15) is 38.3 Å². The van der Waals surface area contributed by atoms with Crippen LogP contribution in [0.15, 0.2) is 73.1 Å². The maximum Gasteiger partial charge on any atom is 0.422 e. The summed E-state index contributed by atoms with van der Waals surface area (Å²) in [6.45, 7) is 5.26. The van der Waals surface area contributed by atoms with Crippen LogP contribution in [0.5, 0.6) is 0 Å². The van der Waals surface area contributed by atoms with Crippen LogP contribution in [-0.4, -0.2) is 79.6 Å². The molecule has 0 bridgehead atoms. The minimum atomic E-state index is -1.59. The number of amides is 2. The normalized spacial score (nSPS) is 20.3. The molecule has 3 aromatic rings. The molecule has 2 aliphatic rings. The zero-order chi connectivity index (χ0) is 36.7. The topological polar surface area (TPSA) is 163 Å². The number of nitrogens with zero attached hydrogens (tertiary/aromatic N) is 2. The molecule has 0 saturated carbocycles. The van der Waals surface area contributed by atoms with Crippen molar-refractivity contribution in [3.8, 4) is 11.1 Å². The molecule has 3 N–H and O–H groups in total. The molecule has 0 radical (unpaired) electrons. The first-order chi connectivity index (χ1) is 24.3. The second kappa shape index (κ2) is 16.6. The lowest BCUT2D eigenvalue weighted by Crippen LogP contribution is -2.59. The Labute approximate surface area is 296 Å². The van der Waals surface area contributed by atoms with E-state index in [9.17, 15) is 29.1 Å². The number of carbonyl (C=O) groups is 3. The number of carbonyl (C=O) groups excluding carboxylic acids is 3. The summed E-state index contributed by atoms with van der Waals surface area (Å²) >= 11 is 0. The highest BCUT2D eigenvalue weighted by Gasteiger charge is 2.44. The molecule has 0 spiro atoms. The van der Waals surface area contributed by atoms with Crippen molar-refractivity contribution in [2.24, 2.45) is 17.3 Å². The molecule has 2 amide bonds. The van der Waals surface area contributed by atoms with Gasteiger partial charge in [-0.25, -0.2) is 14.2 Å². The van der Waals surface area contributed by atoms with E-state index < -0.39 is 59.7 Å². The Balaban J connectivity index is 1.38. The average molecular weight is 709 g/mol. The fraction of sp³-hybridized carbons (Fsp3) is 0.459. The van der Waals surface area contributed by atoms with Gasteiger partial charge in [0.25, 0.3) is 0 Å². The zero-order valence-corrected chi connectivity index (χ0v) is 29.1. The number of hydrogen-bond donors (Lipinski definition) is 3. The lowest BCUT2D eigenvalue weighted by molar-refractivity contribution is -0.904. The fourth-order valence-corrected chi connectivity index (χ4v) is 6.40. The molecule has 14 heteroatoms. The van der Waals surface area contributed by atoms with E-state index in [1.54, 1.807) is 51.2 Å². The van der Waals surface area contributed by atoms with Crippen molar-refractivity contribution in [1.82, 2.24) is 15.8 Å². The summed E-state index contributed by atoms with van der Waals surface area (Å²) in [6, 6.07) is 15.7. The lowest BCUT2D eigenvalue weighted by atomic mass is 9.80. The van der Waals surface area contributed by atoms with Gasteiger partial charge in [-0.15, -0.1) is 0 Å². The molecule has 13 nitrogen and oxygen atoms in total. The Kier molecular flexibility index (Phi) is 12.2. The summed E-state index contributed by atoms with van der Waals surface area (Å²) in [7, 11) is 1.19. The number of esters is 1. The summed E-state index contributed by atoms with van der Waals surface area (Å²) < 4.78 is 37.4. The van der Waals surface area contributed by atoms with Gasteiger partial charge in [0.05, 0.1) is 31.8 Å². The second-order valence-corrected chi connectivity index (χ2v) is 13.9. The smallest absolute Gasteiger partial charge is 0.422 e. The molecule has 51 heavy (non-hydrogen) atoms. The Morgan fingerprint density at radius 2 is 1.82 bits per heavy atom. The Bertz CT molecular complexity index is 1670. The lowest BCUT2D eigenvalue weighted by Gasteiger charge is -2.38. The van der Waals surface area contributed by atoms with E-state index in [2.05, 4.69) is 10.7 Å². The summed E-state index contributed by atoms with van der Waals surface area (Å²) in [5.74, 6) is -3.30. The molecule has 6 atom stereocenters. The highest BCUT2D eigenvalue weighted by atomic mass is 19.1. The van der Waals surface area contributed by atoms with Gasteiger partial charge >= 0.3 is 12.1 Å². The molecule has 2 aromatic carbocycles. The number of nitrogens with one attached hydrogen (secondary N) is 2. The van der Waals surface area contributed by atoms with E-state index in [-0.39, 0.29) is 37.6 Å². The van der Waals surface area contributed by atoms with E-state index >= 15 is 0 Å². The SMILES string of the molecule is COC(=O)C(C(=O)NC(Cc1ccc(-c2ccc[n+](O)c2)cc1)C([O-])CN(Cc1ccccc1F)NC(=O)OC1COC2OCCC12)C(C)(C)C. The minimum Gasteiger partial charge on any atom is -0.850 e. The predicted octanol–water partition coefficient (Wildman–Crippen LogP) is 2.51. The summed E-state index contributed by atoms with van der Waals surface area (Å²) in [4.78, 5) is 39.6. The van der Waals surface area contributed by atoms with Crippen molar-refractivity contribution >= 4 is 18.0 Å². The van der Waals surface area contributed by atoms with Crippen LogP contribution in [0, 0.1) is 23.1 Å². The summed E-state index contributed by atoms with van der Waals surface area (Å²) in [6.07, 6.45) is 0.329. The van der Waals surface area contributed by atoms with Gasteiger partial charge in [0.15, 0.2) is 6.29 Å². The number of benzene rings is 2. The largest absolute Gasteiger partial charge is 0.850 e. The van der Waals surface area contributed by atoms with Crippen LogP contribution in [0.3, 0.4) is 0 Å². The third kappa shape index (κ3) is 9.79. The van der Waals surface area contributed by atoms with Crippen LogP contribution < -0.4 is 20.6 Å². The van der Waals surface area contributed by atoms with E-state index in [0.717, 1.165) is 15.9 Å². The quantitative estimate of drug-likeness (QED) is 0.0791. The van der Waals surface area contributed by atoms with Gasteiger partial charge in [-0.1, -0.05) is 69.3 Å². The molecule has 5 rings (SSSR count). The standard InChI is InChI=1S/C37H45FN4O9/c1-37(2,3)32(34(45)48-4)33(44)39-29(18-23-11-13-24(14-12-23)25-9-7-16-42(47)20-25)30(43)21-41(19-26-8-5-6-10-28(26)38)40-36(46)51-31-22-50-35-27(31)15-17-49-35/h5-14,16,20,27,29-32,35,47H,15,17-19,21-22H2,1-4H3,(H,39,44)(H,40,46). The number of pyridine rings is 1. The van der Waals surface area contributed by atoms with Gasteiger partial charge < -0.3 is 29.4 Å². The number of ether oxygens (including phenoxy) is 4. The Morgan fingerprint density at radius 3 is 2.51 bits per heavy atom. The second-order valence-electron chi connectivity index (χ2n) is 13.9. The van der Waals surface area contributed by atoms with Crippen molar-refractivity contribution in [3.05, 3.63) is 90.0 Å². The Morgan fingerprint density at radius 1 is 1.08 bits per heavy atom. The highest BCUT2D eigenvalue weighted by molar-refractivity contribution is 5.98. The molecule has 0 aliphatic carbocycles. The third-order valence-electron chi connectivity index (χ3n) is 9.08. The number of methoxy groups -OCH3 is 1. The maximum absolute atomic E-state index is 14.8. The van der Waals surface area contributed by atoms with Gasteiger partial charge in [-0.3, -0.25) is 20.2 Å². The molecule has 1 aromatic heterocycles. The van der Waals surface area contributed by atoms with Gasteiger partial charge in [0.2, 0.25) is 18.3 Å².